The summed E-state index contributed by atoms with van der Waals surface area (Å²) in [4.78, 5) is 23.3. The van der Waals surface area contributed by atoms with Gasteiger partial charge in [-0.15, -0.1) is 0 Å². The van der Waals surface area contributed by atoms with Crippen LogP contribution in [0, 0.1) is 13.8 Å². The molecule has 2 rings (SSSR count). The largest absolute Gasteiger partial charge is 0.465 e. The number of carbonyl (C=O) groups is 2. The topological polar surface area (TPSA) is 98.8 Å². The molecule has 0 unspecified atom stereocenters. The van der Waals surface area contributed by atoms with E-state index >= 15 is 0 Å². The third kappa shape index (κ3) is 4.02. The van der Waals surface area contributed by atoms with Gasteiger partial charge in [-0.05, 0) is 43.7 Å². The molecular weight excluding hydrogens is 358 g/mol. The molecule has 0 saturated carbocycles. The van der Waals surface area contributed by atoms with Crippen LogP contribution in [0.5, 0.6) is 0 Å². The lowest BCUT2D eigenvalue weighted by Crippen LogP contribution is -2.19. The Labute approximate surface area is 152 Å². The van der Waals surface area contributed by atoms with Gasteiger partial charge < -0.3 is 9.47 Å². The predicted octanol–water partition coefficient (Wildman–Crippen LogP) is 2.68. The van der Waals surface area contributed by atoms with Crippen LogP contribution in [0.15, 0.2) is 41.3 Å². The zero-order valence-corrected chi connectivity index (χ0v) is 15.6. The average molecular weight is 377 g/mol. The summed E-state index contributed by atoms with van der Waals surface area (Å²) in [5, 5.41) is 0. The molecule has 0 heterocycles. The molecule has 138 valence electrons. The molecule has 0 saturated heterocycles. The number of hydrogen-bond acceptors (Lipinski definition) is 6. The maximum absolute atomic E-state index is 12.9. The van der Waals surface area contributed by atoms with Crippen molar-refractivity contribution in [3.8, 4) is 0 Å². The van der Waals surface area contributed by atoms with Crippen molar-refractivity contribution in [2.75, 3.05) is 18.9 Å². The summed E-state index contributed by atoms with van der Waals surface area (Å²) in [6.45, 7) is 3.65. The van der Waals surface area contributed by atoms with E-state index in [1.54, 1.807) is 19.1 Å². The molecule has 0 amide bonds. The molecule has 2 aromatic rings. The number of rotatable bonds is 5. The van der Waals surface area contributed by atoms with E-state index in [4.69, 9.17) is 0 Å². The number of hydrogen-bond donors (Lipinski definition) is 1. The molecule has 0 aliphatic heterocycles. The molecule has 0 spiro atoms. The Balaban J connectivity index is 2.58. The Morgan fingerprint density at radius 3 is 2.15 bits per heavy atom. The van der Waals surface area contributed by atoms with Crippen molar-refractivity contribution in [1.82, 2.24) is 0 Å². The van der Waals surface area contributed by atoms with Crippen LogP contribution in [0.25, 0.3) is 0 Å². The van der Waals surface area contributed by atoms with E-state index in [1.165, 1.54) is 19.2 Å². The molecule has 0 aliphatic rings. The van der Waals surface area contributed by atoms with Gasteiger partial charge in [-0.3, -0.25) is 4.72 Å². The van der Waals surface area contributed by atoms with Crippen molar-refractivity contribution in [1.29, 1.82) is 0 Å². The highest BCUT2D eigenvalue weighted by Crippen LogP contribution is 2.24. The average Bonchev–Trinajstić information content (AvgIpc) is 2.62. The fraction of sp³-hybridized carbons (Fsp3) is 0.222. The highest BCUT2D eigenvalue weighted by Gasteiger charge is 2.25. The minimum atomic E-state index is -4.16. The molecular formula is C18H19NO6S. The second-order valence-corrected chi connectivity index (χ2v) is 7.27. The maximum atomic E-state index is 12.9. The monoisotopic (exact) mass is 377 g/mol. The summed E-state index contributed by atoms with van der Waals surface area (Å²) in [6, 6.07) is 8.82. The molecule has 2 aromatic carbocycles. The second-order valence-electron chi connectivity index (χ2n) is 5.62. The van der Waals surface area contributed by atoms with Crippen molar-refractivity contribution < 1.29 is 27.5 Å². The van der Waals surface area contributed by atoms with E-state index in [0.29, 0.717) is 5.69 Å². The molecule has 0 aromatic heterocycles. The molecule has 26 heavy (non-hydrogen) atoms. The number of aryl methyl sites for hydroxylation is 2. The first kappa shape index (κ1) is 19.5. The van der Waals surface area contributed by atoms with Gasteiger partial charge in [-0.2, -0.15) is 0 Å². The third-order valence-corrected chi connectivity index (χ3v) is 5.13. The summed E-state index contributed by atoms with van der Waals surface area (Å²) in [6.07, 6.45) is 0. The van der Waals surface area contributed by atoms with Gasteiger partial charge in [-0.25, -0.2) is 18.0 Å². The Bertz CT molecular complexity index is 966. The lowest BCUT2D eigenvalue weighted by Gasteiger charge is -2.14. The number of sulfonamides is 1. The lowest BCUT2D eigenvalue weighted by atomic mass is 10.1. The quantitative estimate of drug-likeness (QED) is 0.805. The molecule has 0 bridgehead atoms. The van der Waals surface area contributed by atoms with Crippen molar-refractivity contribution >= 4 is 27.6 Å². The summed E-state index contributed by atoms with van der Waals surface area (Å²) >= 11 is 0. The van der Waals surface area contributed by atoms with Crippen LogP contribution >= 0.6 is 0 Å². The van der Waals surface area contributed by atoms with Crippen molar-refractivity contribution in [3.05, 3.63) is 58.7 Å². The van der Waals surface area contributed by atoms with Gasteiger partial charge in [-0.1, -0.05) is 17.7 Å². The van der Waals surface area contributed by atoms with Gasteiger partial charge in [0.2, 0.25) is 0 Å². The zero-order valence-electron chi connectivity index (χ0n) is 14.8. The highest BCUT2D eigenvalue weighted by atomic mass is 32.2. The molecule has 0 fully saturated rings. The number of benzene rings is 2. The smallest absolute Gasteiger partial charge is 0.339 e. The van der Waals surface area contributed by atoms with Crippen LogP contribution in [0.4, 0.5) is 5.69 Å². The lowest BCUT2D eigenvalue weighted by molar-refractivity contribution is 0.0583. The van der Waals surface area contributed by atoms with Crippen LogP contribution in [0.3, 0.4) is 0 Å². The minimum Gasteiger partial charge on any atom is -0.465 e. The van der Waals surface area contributed by atoms with Gasteiger partial charge in [0.25, 0.3) is 10.0 Å². The summed E-state index contributed by atoms with van der Waals surface area (Å²) in [5.74, 6) is -1.55. The Morgan fingerprint density at radius 2 is 1.58 bits per heavy atom. The number of carbonyl (C=O) groups excluding carboxylic acids is 2. The minimum absolute atomic E-state index is 0.00107. The molecule has 0 atom stereocenters. The third-order valence-electron chi connectivity index (χ3n) is 3.72. The van der Waals surface area contributed by atoms with Gasteiger partial charge in [0, 0.05) is 0 Å². The van der Waals surface area contributed by atoms with Crippen LogP contribution in [0.1, 0.15) is 31.8 Å². The first-order valence-corrected chi connectivity index (χ1v) is 9.08. The fourth-order valence-electron chi connectivity index (χ4n) is 2.40. The Kier molecular flexibility index (Phi) is 5.66. The van der Waals surface area contributed by atoms with Crippen molar-refractivity contribution in [2.24, 2.45) is 0 Å². The highest BCUT2D eigenvalue weighted by molar-refractivity contribution is 7.92. The second kappa shape index (κ2) is 7.57. The van der Waals surface area contributed by atoms with Crippen LogP contribution in [0.2, 0.25) is 0 Å². The Morgan fingerprint density at radius 1 is 0.923 bits per heavy atom. The summed E-state index contributed by atoms with van der Waals surface area (Å²) in [5.41, 5.74) is 1.89. The van der Waals surface area contributed by atoms with Gasteiger partial charge in [0.15, 0.2) is 0 Å². The van der Waals surface area contributed by atoms with Crippen molar-refractivity contribution in [3.63, 3.8) is 0 Å². The zero-order chi connectivity index (χ0) is 19.5. The number of ether oxygens (including phenoxy) is 2. The standard InChI is InChI=1S/C18H19NO6S/c1-11-5-8-15(12(2)9-11)19-26(22,23)16-10-13(17(20)24-3)6-7-14(16)18(21)25-4/h5-10,19H,1-4H3. The van der Waals surface area contributed by atoms with Crippen LogP contribution in [-0.4, -0.2) is 34.6 Å². The molecule has 0 aliphatic carbocycles. The number of esters is 2. The number of anilines is 1. The van der Waals surface area contributed by atoms with E-state index in [1.807, 2.05) is 13.0 Å². The van der Waals surface area contributed by atoms with Crippen molar-refractivity contribution in [2.45, 2.75) is 18.7 Å². The van der Waals surface area contributed by atoms with E-state index in [-0.39, 0.29) is 16.0 Å². The normalized spacial score (nSPS) is 10.9. The van der Waals surface area contributed by atoms with Crippen LogP contribution in [-0.2, 0) is 19.5 Å². The van der Waals surface area contributed by atoms with Gasteiger partial charge >= 0.3 is 11.9 Å². The van der Waals surface area contributed by atoms with E-state index < -0.39 is 22.0 Å². The predicted molar refractivity (Wildman–Crippen MR) is 95.8 cm³/mol. The first-order chi connectivity index (χ1) is 12.2. The fourth-order valence-corrected chi connectivity index (χ4v) is 3.75. The summed E-state index contributed by atoms with van der Waals surface area (Å²) in [7, 11) is -1.83. The molecule has 7 nitrogen and oxygen atoms in total. The molecule has 0 radical (unpaired) electrons. The van der Waals surface area contributed by atoms with E-state index in [9.17, 15) is 18.0 Å². The van der Waals surface area contributed by atoms with Gasteiger partial charge in [0.05, 0.1) is 31.0 Å². The summed E-state index contributed by atoms with van der Waals surface area (Å²) < 4.78 is 37.4. The first-order valence-electron chi connectivity index (χ1n) is 7.60. The number of methoxy groups -OCH3 is 2. The van der Waals surface area contributed by atoms with E-state index in [2.05, 4.69) is 14.2 Å². The Hall–Kier alpha value is -2.87. The maximum Gasteiger partial charge on any atom is 0.339 e. The number of nitrogens with one attached hydrogen (secondary N) is 1. The van der Waals surface area contributed by atoms with Gasteiger partial charge in [0.1, 0.15) is 4.90 Å². The van der Waals surface area contributed by atoms with E-state index in [0.717, 1.165) is 24.3 Å². The molecule has 1 N–H and O–H groups in total. The van der Waals surface area contributed by atoms with Crippen LogP contribution < -0.4 is 4.72 Å². The SMILES string of the molecule is COC(=O)c1ccc(C(=O)OC)c(S(=O)(=O)Nc2ccc(C)cc2C)c1. The molecule has 8 heteroatoms.